The number of hydrogen-bond donors (Lipinski definition) is 3. The number of nitrogens with two attached hydrogens (primary N) is 1. The number of ether oxygens (including phenoxy) is 1. The van der Waals surface area contributed by atoms with Crippen LogP contribution in [0, 0.1) is 17.1 Å². The third kappa shape index (κ3) is 6.92. The summed E-state index contributed by atoms with van der Waals surface area (Å²) in [6, 6.07) is 5.16. The summed E-state index contributed by atoms with van der Waals surface area (Å²) in [5, 5.41) is 14.6. The van der Waals surface area contributed by atoms with E-state index in [1.807, 2.05) is 19.9 Å². The van der Waals surface area contributed by atoms with E-state index < -0.39 is 0 Å². The minimum absolute atomic E-state index is 0.0484. The van der Waals surface area contributed by atoms with E-state index in [1.54, 1.807) is 18.0 Å². The number of halogens is 1. The fraction of sp³-hybridized carbons (Fsp3) is 0.417. The van der Waals surface area contributed by atoms with Gasteiger partial charge in [-0.05, 0) is 62.8 Å². The highest BCUT2D eigenvalue weighted by molar-refractivity contribution is 7.97. The second-order valence-electron chi connectivity index (χ2n) is 8.53. The van der Waals surface area contributed by atoms with Crippen molar-refractivity contribution in [3.05, 3.63) is 47.7 Å². The van der Waals surface area contributed by atoms with Crippen molar-refractivity contribution in [1.82, 2.24) is 14.0 Å². The van der Waals surface area contributed by atoms with Crippen LogP contribution in [0.15, 0.2) is 45.7 Å². The summed E-state index contributed by atoms with van der Waals surface area (Å²) in [5.41, 5.74) is 7.04. The molecule has 1 atom stereocenters. The van der Waals surface area contributed by atoms with Crippen molar-refractivity contribution in [3.63, 3.8) is 0 Å². The molecule has 1 fully saturated rings. The zero-order valence-electron chi connectivity index (χ0n) is 20.4. The average molecular weight is 501 g/mol. The molecule has 35 heavy (non-hydrogen) atoms. The SMILES string of the molecule is C=Nn1cnc(/C(C=N)=C/N)c(OC(C)C)/c1=N/CNc1ccc(SN2CCC[C@@H](C)C2)cc1F. The van der Waals surface area contributed by atoms with E-state index in [0.717, 1.165) is 24.2 Å². The van der Waals surface area contributed by atoms with Crippen LogP contribution in [0.1, 0.15) is 39.3 Å². The Morgan fingerprint density at radius 2 is 2.29 bits per heavy atom. The van der Waals surface area contributed by atoms with Gasteiger partial charge in [0.05, 0.1) is 11.8 Å². The van der Waals surface area contributed by atoms with Crippen LogP contribution in [0.4, 0.5) is 10.1 Å². The number of benzene rings is 1. The Morgan fingerprint density at radius 1 is 1.49 bits per heavy atom. The molecule has 2 heterocycles. The first-order chi connectivity index (χ1) is 16.9. The van der Waals surface area contributed by atoms with Gasteiger partial charge in [0.15, 0.2) is 11.2 Å². The topological polar surface area (TPSA) is 117 Å². The first-order valence-corrected chi connectivity index (χ1v) is 12.3. The number of allylic oxidation sites excluding steroid dienone is 1. The normalized spacial score (nSPS) is 17.5. The second-order valence-corrected chi connectivity index (χ2v) is 9.70. The Balaban J connectivity index is 1.83. The number of hydrogen-bond acceptors (Lipinski definition) is 9. The fourth-order valence-electron chi connectivity index (χ4n) is 3.70. The number of nitrogens with zero attached hydrogens (tertiary/aromatic N) is 5. The molecule has 4 N–H and O–H groups in total. The highest BCUT2D eigenvalue weighted by Gasteiger charge is 2.18. The Hall–Kier alpha value is -3.18. The minimum atomic E-state index is -0.351. The van der Waals surface area contributed by atoms with Crippen molar-refractivity contribution in [3.8, 4) is 5.75 Å². The molecule has 0 spiro atoms. The summed E-state index contributed by atoms with van der Waals surface area (Å²) in [5.74, 6) is 0.612. The molecule has 0 saturated carbocycles. The molecule has 1 aromatic carbocycles. The van der Waals surface area contributed by atoms with Crippen molar-refractivity contribution in [1.29, 1.82) is 5.41 Å². The van der Waals surface area contributed by atoms with Crippen LogP contribution in [0.25, 0.3) is 5.57 Å². The van der Waals surface area contributed by atoms with Crippen LogP contribution in [-0.2, 0) is 0 Å². The van der Waals surface area contributed by atoms with E-state index in [0.29, 0.717) is 34.1 Å². The van der Waals surface area contributed by atoms with E-state index in [1.165, 1.54) is 36.1 Å². The lowest BCUT2D eigenvalue weighted by Gasteiger charge is -2.29. The number of rotatable bonds is 10. The molecule has 1 aliphatic rings. The molecular formula is C24H33FN8OS. The molecule has 11 heteroatoms. The molecule has 9 nitrogen and oxygen atoms in total. The molecule has 1 aromatic heterocycles. The minimum Gasteiger partial charge on any atom is -0.485 e. The molecule has 0 amide bonds. The van der Waals surface area contributed by atoms with E-state index in [-0.39, 0.29) is 18.6 Å². The molecule has 0 bridgehead atoms. The molecule has 1 saturated heterocycles. The monoisotopic (exact) mass is 500 g/mol. The largest absolute Gasteiger partial charge is 0.485 e. The van der Waals surface area contributed by atoms with Gasteiger partial charge in [-0.1, -0.05) is 6.92 Å². The number of piperidine rings is 1. The molecule has 0 radical (unpaired) electrons. The van der Waals surface area contributed by atoms with Crippen LogP contribution >= 0.6 is 11.9 Å². The van der Waals surface area contributed by atoms with Gasteiger partial charge in [0.25, 0.3) is 0 Å². The van der Waals surface area contributed by atoms with Gasteiger partial charge in [-0.25, -0.2) is 23.3 Å². The Labute approximate surface area is 209 Å². The summed E-state index contributed by atoms with van der Waals surface area (Å²) in [4.78, 5) is 9.71. The van der Waals surface area contributed by atoms with Gasteiger partial charge in [0.2, 0.25) is 0 Å². The summed E-state index contributed by atoms with van der Waals surface area (Å²) >= 11 is 1.60. The molecular weight excluding hydrogens is 467 g/mol. The van der Waals surface area contributed by atoms with E-state index in [4.69, 9.17) is 15.9 Å². The molecule has 0 aliphatic carbocycles. The molecule has 188 valence electrons. The maximum Gasteiger partial charge on any atom is 0.197 e. The van der Waals surface area contributed by atoms with Crippen LogP contribution < -0.4 is 21.3 Å². The highest BCUT2D eigenvalue weighted by atomic mass is 32.2. The predicted octanol–water partition coefficient (Wildman–Crippen LogP) is 3.93. The van der Waals surface area contributed by atoms with Gasteiger partial charge in [-0.15, -0.1) is 0 Å². The van der Waals surface area contributed by atoms with E-state index in [9.17, 15) is 4.39 Å². The lowest BCUT2D eigenvalue weighted by atomic mass is 10.0. The number of anilines is 1. The van der Waals surface area contributed by atoms with Crippen LogP contribution in [-0.4, -0.2) is 52.8 Å². The first kappa shape index (κ1) is 26.4. The quantitative estimate of drug-likeness (QED) is 0.336. The van der Waals surface area contributed by atoms with Gasteiger partial charge < -0.3 is 21.2 Å². The summed E-state index contributed by atoms with van der Waals surface area (Å²) in [6.07, 6.45) is 5.98. The van der Waals surface area contributed by atoms with Crippen LogP contribution in [0.5, 0.6) is 5.75 Å². The lowest BCUT2D eigenvalue weighted by Crippen LogP contribution is -2.28. The van der Waals surface area contributed by atoms with Gasteiger partial charge in [-0.2, -0.15) is 5.10 Å². The Bertz CT molecular complexity index is 1150. The maximum atomic E-state index is 14.8. The van der Waals surface area contributed by atoms with Crippen molar-refractivity contribution in [2.24, 2.45) is 21.7 Å². The summed E-state index contributed by atoms with van der Waals surface area (Å²) in [6.45, 7) is 11.6. The number of aromatic nitrogens is 2. The molecule has 1 aliphatic heterocycles. The predicted molar refractivity (Wildman–Crippen MR) is 140 cm³/mol. The number of nitrogens with one attached hydrogen (secondary N) is 2. The molecule has 0 unspecified atom stereocenters. The van der Waals surface area contributed by atoms with Crippen molar-refractivity contribution in [2.75, 3.05) is 25.1 Å². The Kier molecular flexibility index (Phi) is 9.44. The second kappa shape index (κ2) is 12.5. The first-order valence-electron chi connectivity index (χ1n) is 11.5. The van der Waals surface area contributed by atoms with Crippen LogP contribution in [0.3, 0.4) is 0 Å². The van der Waals surface area contributed by atoms with Crippen molar-refractivity contribution < 1.29 is 9.13 Å². The third-order valence-corrected chi connectivity index (χ3v) is 6.39. The smallest absolute Gasteiger partial charge is 0.197 e. The van der Waals surface area contributed by atoms with E-state index >= 15 is 0 Å². The standard InChI is InChI=1S/C24H33FN8OS/c1-16(2)34-23-22(18(11-26)12-27)31-15-33(28-4)24(23)30-14-29-21-8-7-19(10-20(21)25)35-32-9-5-6-17(3)13-32/h7-8,10-12,15-17,26,29H,4-6,9,13-14,27H2,1-3H3/b18-12+,26-11?,30-24-/t17-/m1/s1. The highest BCUT2D eigenvalue weighted by Crippen LogP contribution is 2.30. The van der Waals surface area contributed by atoms with Gasteiger partial charge in [-0.3, -0.25) is 0 Å². The zero-order valence-corrected chi connectivity index (χ0v) is 21.2. The van der Waals surface area contributed by atoms with Crippen molar-refractivity contribution >= 4 is 36.1 Å². The summed E-state index contributed by atoms with van der Waals surface area (Å²) in [7, 11) is 0. The molecule has 2 aromatic rings. The van der Waals surface area contributed by atoms with Gasteiger partial charge in [0, 0.05) is 42.7 Å². The van der Waals surface area contributed by atoms with E-state index in [2.05, 4.69) is 38.3 Å². The fourth-order valence-corrected chi connectivity index (χ4v) is 4.84. The average Bonchev–Trinajstić information content (AvgIpc) is 2.82. The van der Waals surface area contributed by atoms with Gasteiger partial charge in [0.1, 0.15) is 24.5 Å². The van der Waals surface area contributed by atoms with Crippen LogP contribution in [0.2, 0.25) is 0 Å². The lowest BCUT2D eigenvalue weighted by molar-refractivity contribution is 0.234. The Morgan fingerprint density at radius 3 is 2.91 bits per heavy atom. The molecule has 3 rings (SSSR count). The zero-order chi connectivity index (χ0) is 25.4. The maximum absolute atomic E-state index is 14.8. The van der Waals surface area contributed by atoms with Gasteiger partial charge >= 0.3 is 0 Å². The summed E-state index contributed by atoms with van der Waals surface area (Å²) < 4.78 is 24.4. The van der Waals surface area contributed by atoms with Crippen molar-refractivity contribution in [2.45, 2.75) is 44.6 Å². The third-order valence-electron chi connectivity index (χ3n) is 5.34.